The molecule has 19 heavy (non-hydrogen) atoms. The minimum absolute atomic E-state index is 0.430. The van der Waals surface area contributed by atoms with Gasteiger partial charge in [-0.1, -0.05) is 64.7 Å². The molecule has 0 spiro atoms. The molecule has 0 aromatic rings. The third-order valence-electron chi connectivity index (χ3n) is 3.47. The molecular weight excluding hydrogens is 236 g/mol. The second kappa shape index (κ2) is 16.0. The van der Waals surface area contributed by atoms with Crippen LogP contribution < -0.4 is 0 Å². The van der Waals surface area contributed by atoms with Crippen LogP contribution >= 0.6 is 0 Å². The molecule has 0 rings (SSSR count). The first-order valence-electron chi connectivity index (χ1n) is 8.36. The molecule has 2 nitrogen and oxygen atoms in total. The first-order chi connectivity index (χ1) is 9.27. The summed E-state index contributed by atoms with van der Waals surface area (Å²) in [5.41, 5.74) is 0. The third kappa shape index (κ3) is 17.9. The number of rotatable bonds is 15. The minimum Gasteiger partial charge on any atom is -0.393 e. The molecule has 115 valence electrons. The second-order valence-corrected chi connectivity index (χ2v) is 5.59. The number of ether oxygens (including phenoxy) is 1. The van der Waals surface area contributed by atoms with Crippen LogP contribution in [0.15, 0.2) is 0 Å². The number of unbranched alkanes of at least 4 members (excludes halogenated alkanes) is 9. The summed E-state index contributed by atoms with van der Waals surface area (Å²) in [6.07, 6.45) is 14.9. The molecule has 2 heteroatoms. The van der Waals surface area contributed by atoms with E-state index in [0.717, 1.165) is 26.1 Å². The molecule has 1 radical (unpaired) electrons. The van der Waals surface area contributed by atoms with E-state index in [1.54, 1.807) is 0 Å². The van der Waals surface area contributed by atoms with Crippen molar-refractivity contribution in [1.82, 2.24) is 0 Å². The van der Waals surface area contributed by atoms with Gasteiger partial charge in [0.1, 0.15) is 0 Å². The number of hydrogen-bond donors (Lipinski definition) is 1. The molecule has 0 aromatic carbocycles. The summed E-state index contributed by atoms with van der Waals surface area (Å²) < 4.78 is 5.52. The van der Waals surface area contributed by atoms with Crippen LogP contribution in [0, 0.1) is 6.92 Å². The van der Waals surface area contributed by atoms with E-state index in [-0.39, 0.29) is 0 Å². The maximum atomic E-state index is 8.98. The van der Waals surface area contributed by atoms with E-state index in [0.29, 0.717) is 0 Å². The molecule has 0 aliphatic rings. The highest BCUT2D eigenvalue weighted by atomic mass is 16.5. The van der Waals surface area contributed by atoms with Crippen LogP contribution in [-0.2, 0) is 4.74 Å². The number of hydrogen-bond acceptors (Lipinski definition) is 2. The van der Waals surface area contributed by atoms with E-state index in [1.165, 1.54) is 64.2 Å². The monoisotopic (exact) mass is 271 g/mol. The molecule has 1 atom stereocenters. The largest absolute Gasteiger partial charge is 0.393 e. The SMILES string of the molecule is [CH2]C(O)CCCOCCCCCCCCCCCC. The highest BCUT2D eigenvalue weighted by molar-refractivity contribution is 4.55. The molecular formula is C17H35O2. The van der Waals surface area contributed by atoms with E-state index in [4.69, 9.17) is 9.84 Å². The molecule has 0 amide bonds. The Morgan fingerprint density at radius 3 is 1.79 bits per heavy atom. The Morgan fingerprint density at radius 2 is 1.26 bits per heavy atom. The van der Waals surface area contributed by atoms with Gasteiger partial charge in [-0.05, 0) is 26.2 Å². The van der Waals surface area contributed by atoms with Crippen LogP contribution in [0.4, 0.5) is 0 Å². The van der Waals surface area contributed by atoms with Gasteiger partial charge in [0.2, 0.25) is 0 Å². The summed E-state index contributed by atoms with van der Waals surface area (Å²) in [7, 11) is 0. The fraction of sp³-hybridized carbons (Fsp3) is 0.941. The van der Waals surface area contributed by atoms with Gasteiger partial charge in [-0.25, -0.2) is 0 Å². The Balaban J connectivity index is 2.91. The average molecular weight is 271 g/mol. The fourth-order valence-electron chi connectivity index (χ4n) is 2.21. The van der Waals surface area contributed by atoms with Gasteiger partial charge in [0.15, 0.2) is 0 Å². The zero-order valence-corrected chi connectivity index (χ0v) is 13.0. The molecule has 0 aliphatic heterocycles. The lowest BCUT2D eigenvalue weighted by atomic mass is 10.1. The molecule has 1 unspecified atom stereocenters. The number of aliphatic hydroxyl groups is 1. The molecule has 1 N–H and O–H groups in total. The van der Waals surface area contributed by atoms with Gasteiger partial charge in [-0.2, -0.15) is 0 Å². The van der Waals surface area contributed by atoms with Gasteiger partial charge in [-0.3, -0.25) is 0 Å². The summed E-state index contributed by atoms with van der Waals surface area (Å²) >= 11 is 0. The van der Waals surface area contributed by atoms with Crippen molar-refractivity contribution in [1.29, 1.82) is 0 Å². The lowest BCUT2D eigenvalue weighted by Crippen LogP contribution is -2.03. The summed E-state index contributed by atoms with van der Waals surface area (Å²) in [6, 6.07) is 0. The Kier molecular flexibility index (Phi) is 15.9. The quantitative estimate of drug-likeness (QED) is 0.429. The summed E-state index contributed by atoms with van der Waals surface area (Å²) in [6.45, 7) is 7.45. The lowest BCUT2D eigenvalue weighted by Gasteiger charge is -2.06. The van der Waals surface area contributed by atoms with Crippen LogP contribution in [0.1, 0.15) is 84.0 Å². The summed E-state index contributed by atoms with van der Waals surface area (Å²) in [4.78, 5) is 0. The zero-order chi connectivity index (χ0) is 14.2. The molecule has 0 bridgehead atoms. The van der Waals surface area contributed by atoms with Gasteiger partial charge in [0.05, 0.1) is 6.10 Å². The van der Waals surface area contributed by atoms with E-state index < -0.39 is 6.10 Å². The fourth-order valence-corrected chi connectivity index (χ4v) is 2.21. The molecule has 0 saturated carbocycles. The van der Waals surface area contributed by atoms with Gasteiger partial charge < -0.3 is 9.84 Å². The van der Waals surface area contributed by atoms with Crippen molar-refractivity contribution in [2.45, 2.75) is 90.1 Å². The Labute approximate surface area is 120 Å². The lowest BCUT2D eigenvalue weighted by molar-refractivity contribution is 0.113. The van der Waals surface area contributed by atoms with Crippen molar-refractivity contribution in [3.05, 3.63) is 6.92 Å². The predicted octanol–water partition coefficient (Wildman–Crippen LogP) is 4.90. The van der Waals surface area contributed by atoms with E-state index in [2.05, 4.69) is 13.8 Å². The van der Waals surface area contributed by atoms with Crippen LogP contribution in [0.2, 0.25) is 0 Å². The normalized spacial score (nSPS) is 12.8. The third-order valence-corrected chi connectivity index (χ3v) is 3.47. The minimum atomic E-state index is -0.430. The molecule has 0 aliphatic carbocycles. The van der Waals surface area contributed by atoms with Crippen molar-refractivity contribution >= 4 is 0 Å². The Bertz CT molecular complexity index is 157. The molecule has 0 aromatic heterocycles. The summed E-state index contributed by atoms with van der Waals surface area (Å²) in [5, 5.41) is 8.98. The molecule has 0 heterocycles. The van der Waals surface area contributed by atoms with Crippen LogP contribution in [0.5, 0.6) is 0 Å². The van der Waals surface area contributed by atoms with Crippen LogP contribution in [0.25, 0.3) is 0 Å². The van der Waals surface area contributed by atoms with E-state index in [1.807, 2.05) is 0 Å². The smallest absolute Gasteiger partial charge is 0.0542 e. The van der Waals surface area contributed by atoms with Crippen LogP contribution in [0.3, 0.4) is 0 Å². The van der Waals surface area contributed by atoms with Crippen molar-refractivity contribution in [2.24, 2.45) is 0 Å². The average Bonchev–Trinajstić information content (AvgIpc) is 2.39. The van der Waals surface area contributed by atoms with Crippen molar-refractivity contribution < 1.29 is 9.84 Å². The van der Waals surface area contributed by atoms with Crippen molar-refractivity contribution in [3.8, 4) is 0 Å². The highest BCUT2D eigenvalue weighted by Crippen LogP contribution is 2.10. The van der Waals surface area contributed by atoms with Gasteiger partial charge >= 0.3 is 0 Å². The first kappa shape index (κ1) is 18.9. The van der Waals surface area contributed by atoms with Gasteiger partial charge in [-0.15, -0.1) is 0 Å². The standard InChI is InChI=1S/C17H35O2/c1-3-4-5-6-7-8-9-10-11-12-15-19-16-13-14-17(2)18/h17-18H,2-16H2,1H3. The van der Waals surface area contributed by atoms with Gasteiger partial charge in [0.25, 0.3) is 0 Å². The maximum Gasteiger partial charge on any atom is 0.0542 e. The van der Waals surface area contributed by atoms with E-state index >= 15 is 0 Å². The zero-order valence-electron chi connectivity index (χ0n) is 13.0. The Morgan fingerprint density at radius 1 is 0.789 bits per heavy atom. The molecule has 0 fully saturated rings. The van der Waals surface area contributed by atoms with Crippen LogP contribution in [-0.4, -0.2) is 24.4 Å². The highest BCUT2D eigenvalue weighted by Gasteiger charge is 1.96. The van der Waals surface area contributed by atoms with Crippen molar-refractivity contribution in [3.63, 3.8) is 0 Å². The number of aliphatic hydroxyl groups excluding tert-OH is 1. The topological polar surface area (TPSA) is 29.5 Å². The Hall–Kier alpha value is -0.0800. The molecule has 0 saturated heterocycles. The predicted molar refractivity (Wildman–Crippen MR) is 83.3 cm³/mol. The van der Waals surface area contributed by atoms with Gasteiger partial charge in [0, 0.05) is 13.2 Å². The first-order valence-corrected chi connectivity index (χ1v) is 8.36. The van der Waals surface area contributed by atoms with Crippen molar-refractivity contribution in [2.75, 3.05) is 13.2 Å². The summed E-state index contributed by atoms with van der Waals surface area (Å²) in [5.74, 6) is 0. The second-order valence-electron chi connectivity index (χ2n) is 5.59. The maximum absolute atomic E-state index is 8.98. The van der Waals surface area contributed by atoms with E-state index in [9.17, 15) is 0 Å².